The number of carbonyl (C=O) groups is 1. The molecule has 1 saturated heterocycles. The van der Waals surface area contributed by atoms with Crippen molar-refractivity contribution in [2.75, 3.05) is 18.4 Å². The SMILES string of the molecule is Cc1ccc(Nc2c(C(=O)N3CC(O)(C(C)N)C3)ccc(F)c2F)c(F)c1. The first-order valence-electron chi connectivity index (χ1n) is 8.41. The van der Waals surface area contributed by atoms with Crippen molar-refractivity contribution in [1.29, 1.82) is 0 Å². The molecule has 2 aromatic rings. The summed E-state index contributed by atoms with van der Waals surface area (Å²) in [6, 6.07) is 5.61. The topological polar surface area (TPSA) is 78.6 Å². The Morgan fingerprint density at radius 3 is 2.48 bits per heavy atom. The Morgan fingerprint density at radius 1 is 1.22 bits per heavy atom. The minimum Gasteiger partial charge on any atom is -0.385 e. The van der Waals surface area contributed by atoms with Gasteiger partial charge in [0, 0.05) is 6.04 Å². The molecular weight excluding hydrogens is 359 g/mol. The van der Waals surface area contributed by atoms with Crippen molar-refractivity contribution in [3.8, 4) is 0 Å². The van der Waals surface area contributed by atoms with Gasteiger partial charge in [-0.05, 0) is 43.7 Å². The zero-order chi connectivity index (χ0) is 19.9. The molecule has 8 heteroatoms. The van der Waals surface area contributed by atoms with Crippen LogP contribution >= 0.6 is 0 Å². The third-order valence-electron chi connectivity index (χ3n) is 4.77. The summed E-state index contributed by atoms with van der Waals surface area (Å²) >= 11 is 0. The first-order chi connectivity index (χ1) is 12.6. The first kappa shape index (κ1) is 19.2. The molecule has 3 rings (SSSR count). The second kappa shape index (κ2) is 6.86. The lowest BCUT2D eigenvalue weighted by Gasteiger charge is -2.48. The van der Waals surface area contributed by atoms with Crippen LogP contribution in [0.1, 0.15) is 22.8 Å². The number of carbonyl (C=O) groups excluding carboxylic acids is 1. The molecule has 1 fully saturated rings. The van der Waals surface area contributed by atoms with E-state index in [-0.39, 0.29) is 24.3 Å². The van der Waals surface area contributed by atoms with Crippen LogP contribution in [0.2, 0.25) is 0 Å². The van der Waals surface area contributed by atoms with Gasteiger partial charge in [0.15, 0.2) is 11.6 Å². The molecule has 4 N–H and O–H groups in total. The number of benzene rings is 2. The number of nitrogens with zero attached hydrogens (tertiary/aromatic N) is 1. The molecule has 1 unspecified atom stereocenters. The zero-order valence-corrected chi connectivity index (χ0v) is 14.9. The fourth-order valence-electron chi connectivity index (χ4n) is 2.92. The largest absolute Gasteiger partial charge is 0.385 e. The average molecular weight is 379 g/mol. The van der Waals surface area contributed by atoms with Gasteiger partial charge in [-0.1, -0.05) is 6.07 Å². The van der Waals surface area contributed by atoms with E-state index in [1.807, 2.05) is 0 Å². The normalized spacial score (nSPS) is 16.6. The highest BCUT2D eigenvalue weighted by atomic mass is 19.2. The minimum absolute atomic E-state index is 0.0270. The molecule has 144 valence electrons. The molecule has 0 radical (unpaired) electrons. The van der Waals surface area contributed by atoms with Crippen molar-refractivity contribution < 1.29 is 23.1 Å². The van der Waals surface area contributed by atoms with Gasteiger partial charge in [0.1, 0.15) is 11.4 Å². The number of likely N-dealkylation sites (tertiary alicyclic amines) is 1. The molecule has 0 saturated carbocycles. The molecule has 27 heavy (non-hydrogen) atoms. The van der Waals surface area contributed by atoms with Gasteiger partial charge in [0.2, 0.25) is 0 Å². The van der Waals surface area contributed by atoms with E-state index in [1.54, 1.807) is 19.9 Å². The van der Waals surface area contributed by atoms with Crippen LogP contribution < -0.4 is 11.1 Å². The van der Waals surface area contributed by atoms with E-state index in [2.05, 4.69) is 5.32 Å². The second-order valence-electron chi connectivity index (χ2n) is 6.95. The third-order valence-corrected chi connectivity index (χ3v) is 4.77. The predicted octanol–water partition coefficient (Wildman–Crippen LogP) is 2.69. The van der Waals surface area contributed by atoms with Gasteiger partial charge in [-0.15, -0.1) is 0 Å². The molecular formula is C19H20F3N3O2. The summed E-state index contributed by atoms with van der Waals surface area (Å²) in [4.78, 5) is 14.0. The number of halogens is 3. The third kappa shape index (κ3) is 3.50. The Morgan fingerprint density at radius 2 is 1.89 bits per heavy atom. The molecule has 0 bridgehead atoms. The molecule has 1 heterocycles. The highest BCUT2D eigenvalue weighted by Gasteiger charge is 2.47. The number of nitrogens with one attached hydrogen (secondary N) is 1. The van der Waals surface area contributed by atoms with Gasteiger partial charge < -0.3 is 21.1 Å². The van der Waals surface area contributed by atoms with Crippen molar-refractivity contribution in [1.82, 2.24) is 4.90 Å². The van der Waals surface area contributed by atoms with Crippen molar-refractivity contribution in [2.45, 2.75) is 25.5 Å². The average Bonchev–Trinajstić information content (AvgIpc) is 2.57. The summed E-state index contributed by atoms with van der Waals surface area (Å²) in [6.45, 7) is 3.25. The van der Waals surface area contributed by atoms with Crippen LogP contribution in [0, 0.1) is 24.4 Å². The van der Waals surface area contributed by atoms with E-state index in [0.717, 1.165) is 12.1 Å². The molecule has 5 nitrogen and oxygen atoms in total. The fraction of sp³-hybridized carbons (Fsp3) is 0.316. The van der Waals surface area contributed by atoms with Crippen LogP contribution in [0.4, 0.5) is 24.5 Å². The monoisotopic (exact) mass is 379 g/mol. The van der Waals surface area contributed by atoms with Crippen LogP contribution in [0.3, 0.4) is 0 Å². The highest BCUT2D eigenvalue weighted by molar-refractivity contribution is 6.01. The van der Waals surface area contributed by atoms with Gasteiger partial charge in [0.25, 0.3) is 5.91 Å². The number of rotatable bonds is 4. The molecule has 1 amide bonds. The molecule has 0 aromatic heterocycles. The lowest BCUT2D eigenvalue weighted by Crippen LogP contribution is -2.70. The van der Waals surface area contributed by atoms with Crippen LogP contribution in [-0.4, -0.2) is 40.6 Å². The first-order valence-corrected chi connectivity index (χ1v) is 8.41. The van der Waals surface area contributed by atoms with Crippen LogP contribution in [0.15, 0.2) is 30.3 Å². The van der Waals surface area contributed by atoms with E-state index in [9.17, 15) is 23.1 Å². The number of hydrogen-bond donors (Lipinski definition) is 3. The number of hydrogen-bond acceptors (Lipinski definition) is 4. The summed E-state index contributed by atoms with van der Waals surface area (Å²) in [7, 11) is 0. The molecule has 1 aliphatic heterocycles. The van der Waals surface area contributed by atoms with E-state index in [0.29, 0.717) is 5.56 Å². The van der Waals surface area contributed by atoms with E-state index >= 15 is 0 Å². The van der Waals surface area contributed by atoms with Gasteiger partial charge in [-0.3, -0.25) is 4.79 Å². The molecule has 1 aliphatic rings. The highest BCUT2D eigenvalue weighted by Crippen LogP contribution is 2.32. The Bertz CT molecular complexity index is 896. The number of aryl methyl sites for hydroxylation is 1. The van der Waals surface area contributed by atoms with Gasteiger partial charge >= 0.3 is 0 Å². The molecule has 2 aromatic carbocycles. The predicted molar refractivity (Wildman–Crippen MR) is 95.3 cm³/mol. The van der Waals surface area contributed by atoms with E-state index in [4.69, 9.17) is 5.73 Å². The Kier molecular flexibility index (Phi) is 4.88. The lowest BCUT2D eigenvalue weighted by atomic mass is 9.87. The molecule has 0 spiro atoms. The maximum Gasteiger partial charge on any atom is 0.256 e. The van der Waals surface area contributed by atoms with Gasteiger partial charge in [-0.25, -0.2) is 13.2 Å². The fourth-order valence-corrected chi connectivity index (χ4v) is 2.92. The Balaban J connectivity index is 1.93. The van der Waals surface area contributed by atoms with E-state index < -0.39 is 40.7 Å². The van der Waals surface area contributed by atoms with Crippen molar-refractivity contribution in [3.05, 3.63) is 58.9 Å². The van der Waals surface area contributed by atoms with Crippen LogP contribution in [0.5, 0.6) is 0 Å². The summed E-state index contributed by atoms with van der Waals surface area (Å²) in [5, 5.41) is 12.7. The summed E-state index contributed by atoms with van der Waals surface area (Å²) in [5.41, 5.74) is 4.41. The number of nitrogens with two attached hydrogens (primary N) is 1. The van der Waals surface area contributed by atoms with Crippen molar-refractivity contribution in [2.24, 2.45) is 5.73 Å². The smallest absolute Gasteiger partial charge is 0.256 e. The maximum atomic E-state index is 14.4. The standard InChI is InChI=1S/C19H20F3N3O2/c1-10-3-6-15(14(21)7-10)24-17-12(4-5-13(20)16(17)22)18(26)25-8-19(27,9-25)11(2)23/h3-7,11,24,27H,8-9,23H2,1-2H3. The van der Waals surface area contributed by atoms with Crippen molar-refractivity contribution >= 4 is 17.3 Å². The number of anilines is 2. The molecule has 1 atom stereocenters. The minimum atomic E-state index is -1.29. The summed E-state index contributed by atoms with van der Waals surface area (Å²) in [5.74, 6) is -3.73. The Hall–Kier alpha value is -2.58. The lowest BCUT2D eigenvalue weighted by molar-refractivity contribution is -0.0931. The van der Waals surface area contributed by atoms with Gasteiger partial charge in [0.05, 0.1) is 30.0 Å². The quantitative estimate of drug-likeness (QED) is 0.763. The summed E-state index contributed by atoms with van der Waals surface area (Å²) in [6.07, 6.45) is 0. The van der Waals surface area contributed by atoms with E-state index in [1.165, 1.54) is 17.0 Å². The van der Waals surface area contributed by atoms with Crippen LogP contribution in [-0.2, 0) is 0 Å². The summed E-state index contributed by atoms with van der Waals surface area (Å²) < 4.78 is 42.2. The number of amides is 1. The zero-order valence-electron chi connectivity index (χ0n) is 14.9. The Labute approximate surface area is 154 Å². The maximum absolute atomic E-state index is 14.4. The number of aliphatic hydroxyl groups is 1. The number of β-amino-alcohol motifs (C(OH)–C–C–N with tert-alkyl or cyclic N) is 1. The van der Waals surface area contributed by atoms with Gasteiger partial charge in [-0.2, -0.15) is 0 Å². The van der Waals surface area contributed by atoms with Crippen LogP contribution in [0.25, 0.3) is 0 Å². The van der Waals surface area contributed by atoms with Crippen molar-refractivity contribution in [3.63, 3.8) is 0 Å². The second-order valence-corrected chi connectivity index (χ2v) is 6.95. The molecule has 0 aliphatic carbocycles.